The van der Waals surface area contributed by atoms with Crippen LogP contribution in [0.2, 0.25) is 0 Å². The number of nitrogens with zero attached hydrogens (tertiary/aromatic N) is 3. The van der Waals surface area contributed by atoms with E-state index in [2.05, 4.69) is 19.8 Å². The van der Waals surface area contributed by atoms with Crippen molar-refractivity contribution in [3.8, 4) is 22.9 Å². The van der Waals surface area contributed by atoms with Gasteiger partial charge >= 0.3 is 5.97 Å². The number of piperazine rings is 1. The summed E-state index contributed by atoms with van der Waals surface area (Å²) in [7, 11) is 0. The SMILES string of the molecule is C/C=C(\C)C(C(=O)O)[C@@H](C)COCCCOc1cc(N2C3CCC2CN(c2cc(-c4ccccc4O)[nH]c2N)C3)ccn1. The number of hydrogen-bond acceptors (Lipinski definition) is 8. The van der Waals surface area contributed by atoms with Gasteiger partial charge in [0.1, 0.15) is 11.6 Å². The van der Waals surface area contributed by atoms with Crippen molar-refractivity contribution in [3.05, 3.63) is 60.3 Å². The van der Waals surface area contributed by atoms with E-state index in [-0.39, 0.29) is 11.7 Å². The summed E-state index contributed by atoms with van der Waals surface area (Å²) >= 11 is 0. The Labute approximate surface area is 253 Å². The Kier molecular flexibility index (Phi) is 9.45. The molecule has 2 fully saturated rings. The summed E-state index contributed by atoms with van der Waals surface area (Å²) < 4.78 is 11.7. The number of ether oxygens (including phenoxy) is 2. The monoisotopic (exact) mass is 589 g/mol. The highest BCUT2D eigenvalue weighted by molar-refractivity contribution is 5.78. The van der Waals surface area contributed by atoms with Crippen LogP contribution in [0.15, 0.2) is 60.3 Å². The van der Waals surface area contributed by atoms with Crippen molar-refractivity contribution < 1.29 is 24.5 Å². The maximum atomic E-state index is 11.6. The van der Waals surface area contributed by atoms with Gasteiger partial charge in [0.25, 0.3) is 0 Å². The number of pyridine rings is 1. The number of nitrogens with one attached hydrogen (secondary N) is 1. The largest absolute Gasteiger partial charge is 0.507 e. The maximum absolute atomic E-state index is 11.6. The van der Waals surface area contributed by atoms with Crippen LogP contribution in [0.3, 0.4) is 0 Å². The fourth-order valence-corrected chi connectivity index (χ4v) is 6.50. The van der Waals surface area contributed by atoms with E-state index in [9.17, 15) is 15.0 Å². The molecule has 4 heterocycles. The molecular weight excluding hydrogens is 546 g/mol. The highest BCUT2D eigenvalue weighted by Crippen LogP contribution is 2.40. The van der Waals surface area contributed by atoms with E-state index in [1.807, 2.05) is 63.2 Å². The number of fused-ring (bicyclic) bond motifs is 2. The van der Waals surface area contributed by atoms with Gasteiger partial charge in [0, 0.05) is 61.7 Å². The van der Waals surface area contributed by atoms with E-state index in [4.69, 9.17) is 15.2 Å². The van der Waals surface area contributed by atoms with Gasteiger partial charge in [-0.25, -0.2) is 4.98 Å². The van der Waals surface area contributed by atoms with E-state index < -0.39 is 11.9 Å². The second kappa shape index (κ2) is 13.4. The molecule has 0 saturated carbocycles. The van der Waals surface area contributed by atoms with E-state index in [0.29, 0.717) is 50.0 Å². The lowest BCUT2D eigenvalue weighted by Crippen LogP contribution is -2.54. The molecule has 230 valence electrons. The summed E-state index contributed by atoms with van der Waals surface area (Å²) in [6, 6.07) is 14.0. The molecule has 0 amide bonds. The van der Waals surface area contributed by atoms with Crippen molar-refractivity contribution in [1.29, 1.82) is 0 Å². The molecule has 3 unspecified atom stereocenters. The predicted molar refractivity (Wildman–Crippen MR) is 169 cm³/mol. The third kappa shape index (κ3) is 6.74. The van der Waals surface area contributed by atoms with Crippen LogP contribution >= 0.6 is 0 Å². The van der Waals surface area contributed by atoms with Gasteiger partial charge in [-0.1, -0.05) is 30.7 Å². The molecule has 5 rings (SSSR count). The average Bonchev–Trinajstić information content (AvgIpc) is 3.50. The van der Waals surface area contributed by atoms with E-state index in [1.54, 1.807) is 12.3 Å². The zero-order valence-electron chi connectivity index (χ0n) is 25.2. The number of nitrogen functional groups attached to an aromatic ring is 1. The van der Waals surface area contributed by atoms with Crippen LogP contribution in [-0.4, -0.2) is 71.1 Å². The molecule has 10 nitrogen and oxygen atoms in total. The summed E-state index contributed by atoms with van der Waals surface area (Å²) in [6.45, 7) is 8.66. The van der Waals surface area contributed by atoms with Crippen LogP contribution < -0.4 is 20.3 Å². The molecule has 0 radical (unpaired) electrons. The zero-order chi connectivity index (χ0) is 30.5. The number of phenolic OH excluding ortho intramolecular Hbond substituents is 1. The number of benzene rings is 1. The topological polar surface area (TPSA) is 137 Å². The Bertz CT molecular complexity index is 1420. The first-order valence-electron chi connectivity index (χ1n) is 15.1. The Balaban J connectivity index is 1.13. The number of phenols is 1. The van der Waals surface area contributed by atoms with E-state index in [0.717, 1.165) is 54.1 Å². The minimum absolute atomic E-state index is 0.114. The molecule has 5 N–H and O–H groups in total. The first kappa shape index (κ1) is 30.3. The molecule has 43 heavy (non-hydrogen) atoms. The number of para-hydroxylation sites is 1. The van der Waals surface area contributed by atoms with Crippen LogP contribution in [0.4, 0.5) is 17.2 Å². The number of hydrogen-bond donors (Lipinski definition) is 4. The highest BCUT2D eigenvalue weighted by Gasteiger charge is 2.41. The number of carboxylic acids is 1. The fraction of sp³-hybridized carbons (Fsp3) is 0.455. The number of aromatic hydroxyl groups is 1. The minimum Gasteiger partial charge on any atom is -0.507 e. The van der Waals surface area contributed by atoms with Gasteiger partial charge in [0.05, 0.1) is 30.5 Å². The number of aliphatic carboxylic acids is 1. The average molecular weight is 590 g/mol. The number of anilines is 3. The van der Waals surface area contributed by atoms with Gasteiger partial charge in [0.15, 0.2) is 0 Å². The number of aromatic amines is 1. The Hall–Kier alpha value is -4.18. The first-order chi connectivity index (χ1) is 20.8. The van der Waals surface area contributed by atoms with Crippen LogP contribution in [0.5, 0.6) is 11.6 Å². The van der Waals surface area contributed by atoms with Crippen molar-refractivity contribution in [2.24, 2.45) is 11.8 Å². The van der Waals surface area contributed by atoms with Crippen molar-refractivity contribution in [1.82, 2.24) is 9.97 Å². The van der Waals surface area contributed by atoms with Crippen molar-refractivity contribution in [2.75, 3.05) is 48.4 Å². The summed E-state index contributed by atoms with van der Waals surface area (Å²) in [5.74, 6) is -0.0446. The van der Waals surface area contributed by atoms with Gasteiger partial charge in [-0.2, -0.15) is 0 Å². The van der Waals surface area contributed by atoms with Crippen molar-refractivity contribution in [3.63, 3.8) is 0 Å². The molecule has 2 aliphatic rings. The number of aromatic nitrogens is 2. The highest BCUT2D eigenvalue weighted by atomic mass is 16.5. The number of H-pyrrole nitrogens is 1. The molecule has 1 aromatic carbocycles. The molecule has 2 bridgehead atoms. The third-order valence-corrected chi connectivity index (χ3v) is 8.70. The quantitative estimate of drug-likeness (QED) is 0.154. The molecule has 0 aliphatic carbocycles. The predicted octanol–water partition coefficient (Wildman–Crippen LogP) is 5.31. The molecule has 10 heteroatoms. The smallest absolute Gasteiger partial charge is 0.310 e. The zero-order valence-corrected chi connectivity index (χ0v) is 25.2. The first-order valence-corrected chi connectivity index (χ1v) is 15.1. The summed E-state index contributed by atoms with van der Waals surface area (Å²) in [5, 5.41) is 19.8. The van der Waals surface area contributed by atoms with Gasteiger partial charge in [-0.05, 0) is 56.9 Å². The van der Waals surface area contributed by atoms with E-state index >= 15 is 0 Å². The maximum Gasteiger partial charge on any atom is 0.310 e. The number of carboxylic acid groups (broad SMARTS) is 1. The van der Waals surface area contributed by atoms with Crippen LogP contribution in [0.25, 0.3) is 11.3 Å². The molecule has 2 aromatic heterocycles. The lowest BCUT2D eigenvalue weighted by molar-refractivity contribution is -0.142. The second-order valence-electron chi connectivity index (χ2n) is 11.7. The second-order valence-corrected chi connectivity index (χ2v) is 11.7. The van der Waals surface area contributed by atoms with Crippen molar-refractivity contribution in [2.45, 2.75) is 52.1 Å². The molecule has 4 atom stereocenters. The number of rotatable bonds is 13. The standard InChI is InChI=1S/C33H43N5O5/c1-4-21(2)31(33(40)41)22(3)20-42-14-7-15-43-30-16-23(12-13-35-30)38-24-10-11-25(38)19-37(18-24)28-17-27(36-32(28)34)26-8-5-6-9-29(26)39/h4-6,8-9,12-13,16-17,22,24-25,31,36,39H,7,10-11,14-15,18-20,34H2,1-3H3,(H,40,41)/b21-4+/t22-,24?,25?,31?/m0/s1. The molecule has 2 saturated heterocycles. The minimum atomic E-state index is -0.817. The van der Waals surface area contributed by atoms with Crippen LogP contribution in [0, 0.1) is 11.8 Å². The lowest BCUT2D eigenvalue weighted by atomic mass is 9.88. The summed E-state index contributed by atoms with van der Waals surface area (Å²) in [5.41, 5.74) is 10.9. The van der Waals surface area contributed by atoms with E-state index in [1.165, 1.54) is 0 Å². The molecule has 2 aliphatic heterocycles. The van der Waals surface area contributed by atoms with Gasteiger partial charge in [0.2, 0.25) is 5.88 Å². The Morgan fingerprint density at radius 1 is 1.19 bits per heavy atom. The number of nitrogens with two attached hydrogens (primary N) is 1. The van der Waals surface area contributed by atoms with Gasteiger partial charge in [-0.15, -0.1) is 0 Å². The van der Waals surface area contributed by atoms with Crippen molar-refractivity contribution >= 4 is 23.2 Å². The molecule has 3 aromatic rings. The molecular formula is C33H43N5O5. The van der Waals surface area contributed by atoms with Gasteiger partial charge < -0.3 is 40.2 Å². The normalized spacial score (nSPS) is 19.8. The number of allylic oxidation sites excluding steroid dienone is 1. The lowest BCUT2D eigenvalue weighted by Gasteiger charge is -2.43. The van der Waals surface area contributed by atoms with Crippen LogP contribution in [-0.2, 0) is 9.53 Å². The summed E-state index contributed by atoms with van der Waals surface area (Å²) in [6.07, 6.45) is 6.53. The Morgan fingerprint density at radius 2 is 1.93 bits per heavy atom. The molecule has 0 spiro atoms. The number of carbonyl (C=O) groups is 1. The fourth-order valence-electron chi connectivity index (χ4n) is 6.50. The Morgan fingerprint density at radius 3 is 2.63 bits per heavy atom. The van der Waals surface area contributed by atoms with Gasteiger partial charge in [-0.3, -0.25) is 4.79 Å². The van der Waals surface area contributed by atoms with Crippen LogP contribution in [0.1, 0.15) is 40.0 Å². The summed E-state index contributed by atoms with van der Waals surface area (Å²) in [4.78, 5) is 24.2. The third-order valence-electron chi connectivity index (χ3n) is 8.70.